The molecule has 1 N–H and O–H groups in total. The van der Waals surface area contributed by atoms with Gasteiger partial charge in [0.25, 0.3) is 0 Å². The number of hydrogen-bond acceptors (Lipinski definition) is 3. The summed E-state index contributed by atoms with van der Waals surface area (Å²) < 4.78 is 5.13. The standard InChI is InChI=1S/C16H16O3/c1-19-16-4-2-3-13(11-16)10-15(18)9-12-5-7-14(17)8-6-12/h2-8,11,17H,9-10H2,1H3. The molecule has 0 atom stereocenters. The number of benzene rings is 2. The Bertz CT molecular complexity index is 558. The van der Waals surface area contributed by atoms with Crippen LogP contribution in [0.1, 0.15) is 11.1 Å². The van der Waals surface area contributed by atoms with Crippen molar-refractivity contribution in [3.05, 3.63) is 59.7 Å². The van der Waals surface area contributed by atoms with E-state index in [2.05, 4.69) is 0 Å². The third-order valence-electron chi connectivity index (χ3n) is 2.87. The number of hydrogen-bond donors (Lipinski definition) is 1. The summed E-state index contributed by atoms with van der Waals surface area (Å²) in [4.78, 5) is 12.0. The van der Waals surface area contributed by atoms with Crippen molar-refractivity contribution in [2.75, 3.05) is 7.11 Å². The summed E-state index contributed by atoms with van der Waals surface area (Å²) in [7, 11) is 1.61. The molecule has 0 radical (unpaired) electrons. The van der Waals surface area contributed by atoms with Crippen molar-refractivity contribution in [2.24, 2.45) is 0 Å². The maximum atomic E-state index is 12.0. The van der Waals surface area contributed by atoms with Gasteiger partial charge < -0.3 is 9.84 Å². The molecule has 0 bridgehead atoms. The molecule has 0 spiro atoms. The molecule has 98 valence electrons. The van der Waals surface area contributed by atoms with Crippen LogP contribution in [-0.4, -0.2) is 18.0 Å². The summed E-state index contributed by atoms with van der Waals surface area (Å²) in [6.45, 7) is 0. The van der Waals surface area contributed by atoms with Gasteiger partial charge in [-0.1, -0.05) is 24.3 Å². The monoisotopic (exact) mass is 256 g/mol. The molecule has 0 amide bonds. The van der Waals surface area contributed by atoms with Crippen LogP contribution < -0.4 is 4.74 Å². The molecule has 0 fully saturated rings. The Labute approximate surface area is 112 Å². The van der Waals surface area contributed by atoms with Gasteiger partial charge in [-0.15, -0.1) is 0 Å². The van der Waals surface area contributed by atoms with Crippen molar-refractivity contribution in [1.82, 2.24) is 0 Å². The first-order valence-electron chi connectivity index (χ1n) is 6.10. The smallest absolute Gasteiger partial charge is 0.141 e. The molecule has 19 heavy (non-hydrogen) atoms. The molecule has 0 aliphatic rings. The molecular weight excluding hydrogens is 240 g/mol. The molecule has 3 heteroatoms. The van der Waals surface area contributed by atoms with Gasteiger partial charge in [0, 0.05) is 12.8 Å². The summed E-state index contributed by atoms with van der Waals surface area (Å²) in [5.74, 6) is 1.11. The van der Waals surface area contributed by atoms with E-state index in [9.17, 15) is 9.90 Å². The van der Waals surface area contributed by atoms with Crippen molar-refractivity contribution in [1.29, 1.82) is 0 Å². The second kappa shape index (κ2) is 6.05. The fraction of sp³-hybridized carbons (Fsp3) is 0.188. The predicted octanol–water partition coefficient (Wildman–Crippen LogP) is 2.76. The molecule has 0 saturated heterocycles. The number of phenols is 1. The molecular formula is C16H16O3. The lowest BCUT2D eigenvalue weighted by molar-refractivity contribution is -0.117. The molecule has 0 aliphatic carbocycles. The maximum Gasteiger partial charge on any atom is 0.141 e. The Morgan fingerprint density at radius 3 is 2.42 bits per heavy atom. The van der Waals surface area contributed by atoms with Crippen LogP contribution in [0.2, 0.25) is 0 Å². The Hall–Kier alpha value is -2.29. The van der Waals surface area contributed by atoms with Crippen LogP contribution in [0.25, 0.3) is 0 Å². The predicted molar refractivity (Wildman–Crippen MR) is 73.5 cm³/mol. The molecule has 2 aromatic rings. The topological polar surface area (TPSA) is 46.5 Å². The second-order valence-corrected chi connectivity index (χ2v) is 4.41. The number of carbonyl (C=O) groups is 1. The highest BCUT2D eigenvalue weighted by Gasteiger charge is 2.06. The van der Waals surface area contributed by atoms with Gasteiger partial charge >= 0.3 is 0 Å². The third-order valence-corrected chi connectivity index (χ3v) is 2.87. The van der Waals surface area contributed by atoms with Crippen LogP contribution in [0.3, 0.4) is 0 Å². The molecule has 0 saturated carbocycles. The van der Waals surface area contributed by atoms with E-state index >= 15 is 0 Å². The van der Waals surface area contributed by atoms with E-state index in [0.29, 0.717) is 12.8 Å². The van der Waals surface area contributed by atoms with Crippen LogP contribution in [-0.2, 0) is 17.6 Å². The quantitative estimate of drug-likeness (QED) is 0.894. The lowest BCUT2D eigenvalue weighted by Gasteiger charge is -2.04. The Morgan fingerprint density at radius 1 is 1.05 bits per heavy atom. The first kappa shape index (κ1) is 13.1. The van der Waals surface area contributed by atoms with Crippen LogP contribution in [0.4, 0.5) is 0 Å². The first-order chi connectivity index (χ1) is 9.17. The zero-order chi connectivity index (χ0) is 13.7. The Balaban J connectivity index is 1.99. The minimum atomic E-state index is 0.138. The van der Waals surface area contributed by atoms with Gasteiger partial charge in [-0.2, -0.15) is 0 Å². The van der Waals surface area contributed by atoms with Gasteiger partial charge in [0.2, 0.25) is 0 Å². The number of phenolic OH excluding ortho intramolecular Hbond substituents is 1. The van der Waals surface area contributed by atoms with Gasteiger partial charge in [0.1, 0.15) is 17.3 Å². The van der Waals surface area contributed by atoms with E-state index in [1.165, 1.54) is 0 Å². The lowest BCUT2D eigenvalue weighted by Crippen LogP contribution is -2.06. The summed E-state index contributed by atoms with van der Waals surface area (Å²) in [5, 5.41) is 9.18. The van der Waals surface area contributed by atoms with Crippen LogP contribution >= 0.6 is 0 Å². The van der Waals surface area contributed by atoms with E-state index in [-0.39, 0.29) is 11.5 Å². The fourth-order valence-corrected chi connectivity index (χ4v) is 1.91. The Morgan fingerprint density at radius 2 is 1.74 bits per heavy atom. The number of ether oxygens (including phenoxy) is 1. The summed E-state index contributed by atoms with van der Waals surface area (Å²) in [6, 6.07) is 14.2. The lowest BCUT2D eigenvalue weighted by atomic mass is 10.0. The van der Waals surface area contributed by atoms with E-state index in [0.717, 1.165) is 16.9 Å². The van der Waals surface area contributed by atoms with Crippen molar-refractivity contribution in [3.8, 4) is 11.5 Å². The molecule has 3 nitrogen and oxygen atoms in total. The first-order valence-corrected chi connectivity index (χ1v) is 6.10. The molecule has 0 unspecified atom stereocenters. The average Bonchev–Trinajstić information content (AvgIpc) is 2.41. The van der Waals surface area contributed by atoms with Crippen molar-refractivity contribution in [3.63, 3.8) is 0 Å². The summed E-state index contributed by atoms with van der Waals surface area (Å²) in [5.41, 5.74) is 1.86. The van der Waals surface area contributed by atoms with Crippen molar-refractivity contribution >= 4 is 5.78 Å². The number of Topliss-reactive ketones (excluding diaryl/α,β-unsaturated/α-hetero) is 1. The van der Waals surface area contributed by atoms with Crippen molar-refractivity contribution in [2.45, 2.75) is 12.8 Å². The van der Waals surface area contributed by atoms with Gasteiger partial charge in [-0.3, -0.25) is 4.79 Å². The normalized spacial score (nSPS) is 10.2. The van der Waals surface area contributed by atoms with E-state index < -0.39 is 0 Å². The fourth-order valence-electron chi connectivity index (χ4n) is 1.91. The highest BCUT2D eigenvalue weighted by molar-refractivity contribution is 5.83. The number of methoxy groups -OCH3 is 1. The van der Waals surface area contributed by atoms with E-state index in [1.807, 2.05) is 24.3 Å². The number of rotatable bonds is 5. The minimum Gasteiger partial charge on any atom is -0.508 e. The van der Waals surface area contributed by atoms with Crippen LogP contribution in [0.15, 0.2) is 48.5 Å². The number of ketones is 1. The molecule has 2 rings (SSSR count). The zero-order valence-corrected chi connectivity index (χ0v) is 10.8. The summed E-state index contributed by atoms with van der Waals surface area (Å²) in [6.07, 6.45) is 0.759. The van der Waals surface area contributed by atoms with Gasteiger partial charge in [-0.05, 0) is 35.4 Å². The van der Waals surface area contributed by atoms with Crippen LogP contribution in [0.5, 0.6) is 11.5 Å². The third kappa shape index (κ3) is 3.85. The van der Waals surface area contributed by atoms with E-state index in [4.69, 9.17) is 4.74 Å². The highest BCUT2D eigenvalue weighted by atomic mass is 16.5. The second-order valence-electron chi connectivity index (χ2n) is 4.41. The molecule has 0 aliphatic heterocycles. The minimum absolute atomic E-state index is 0.138. The van der Waals surface area contributed by atoms with E-state index in [1.54, 1.807) is 31.4 Å². The SMILES string of the molecule is COc1cccc(CC(=O)Cc2ccc(O)cc2)c1. The van der Waals surface area contributed by atoms with Crippen molar-refractivity contribution < 1.29 is 14.6 Å². The molecule has 0 heterocycles. The maximum absolute atomic E-state index is 12.0. The zero-order valence-electron chi connectivity index (χ0n) is 10.8. The largest absolute Gasteiger partial charge is 0.508 e. The summed E-state index contributed by atoms with van der Waals surface area (Å²) >= 11 is 0. The van der Waals surface area contributed by atoms with Gasteiger partial charge in [0.15, 0.2) is 0 Å². The van der Waals surface area contributed by atoms with Gasteiger partial charge in [0.05, 0.1) is 7.11 Å². The Kier molecular flexibility index (Phi) is 4.18. The molecule has 0 aromatic heterocycles. The van der Waals surface area contributed by atoms with Crippen LogP contribution in [0, 0.1) is 0 Å². The molecule has 2 aromatic carbocycles. The number of carbonyl (C=O) groups excluding carboxylic acids is 1. The number of aromatic hydroxyl groups is 1. The average molecular weight is 256 g/mol. The highest BCUT2D eigenvalue weighted by Crippen LogP contribution is 2.15. The van der Waals surface area contributed by atoms with Gasteiger partial charge in [-0.25, -0.2) is 0 Å².